The van der Waals surface area contributed by atoms with Crippen LogP contribution in [-0.4, -0.2) is 24.4 Å². The maximum atomic E-state index is 5.57. The van der Waals surface area contributed by atoms with E-state index in [0.29, 0.717) is 18.0 Å². The van der Waals surface area contributed by atoms with Crippen LogP contribution in [0.1, 0.15) is 11.3 Å². The van der Waals surface area contributed by atoms with Gasteiger partial charge in [-0.15, -0.1) is 0 Å². The van der Waals surface area contributed by atoms with Gasteiger partial charge in [0.25, 0.3) is 0 Å². The monoisotopic (exact) mass is 247 g/mol. The van der Waals surface area contributed by atoms with Crippen molar-refractivity contribution in [1.29, 1.82) is 0 Å². The van der Waals surface area contributed by atoms with Crippen LogP contribution < -0.4 is 15.2 Å². The van der Waals surface area contributed by atoms with Crippen LogP contribution in [0.5, 0.6) is 11.5 Å². The van der Waals surface area contributed by atoms with Crippen molar-refractivity contribution in [2.24, 2.45) is 5.73 Å². The second-order valence-corrected chi connectivity index (χ2v) is 4.00. The number of nitrogens with zero attached hydrogens (tertiary/aromatic N) is 1. The standard InChI is InChI=1S/C13H17N3O2/c1-8-4-12(17-2)13(18-3)6-10(8)11-5-9(7-14)15-16-11/h4-6H,7,14H2,1-3H3,(H,15,16). The van der Waals surface area contributed by atoms with Gasteiger partial charge in [-0.25, -0.2) is 0 Å². The van der Waals surface area contributed by atoms with Crippen molar-refractivity contribution in [3.63, 3.8) is 0 Å². The summed E-state index contributed by atoms with van der Waals surface area (Å²) in [6.45, 7) is 2.45. The Hall–Kier alpha value is -2.01. The number of hydrogen-bond donors (Lipinski definition) is 2. The Balaban J connectivity index is 2.50. The minimum absolute atomic E-state index is 0.444. The number of nitrogens with two attached hydrogens (primary N) is 1. The summed E-state index contributed by atoms with van der Waals surface area (Å²) in [5.74, 6) is 1.41. The maximum Gasteiger partial charge on any atom is 0.161 e. The van der Waals surface area contributed by atoms with Crippen LogP contribution in [0.2, 0.25) is 0 Å². The lowest BCUT2D eigenvalue weighted by Crippen LogP contribution is -1.95. The molecule has 0 aliphatic heterocycles. The Morgan fingerprint density at radius 3 is 2.39 bits per heavy atom. The van der Waals surface area contributed by atoms with Crippen molar-refractivity contribution in [3.05, 3.63) is 29.5 Å². The number of hydrogen-bond acceptors (Lipinski definition) is 4. The molecule has 0 saturated heterocycles. The van der Waals surface area contributed by atoms with Gasteiger partial charge < -0.3 is 15.2 Å². The van der Waals surface area contributed by atoms with E-state index in [9.17, 15) is 0 Å². The molecule has 0 aliphatic carbocycles. The molecule has 0 fully saturated rings. The Morgan fingerprint density at radius 1 is 1.17 bits per heavy atom. The van der Waals surface area contributed by atoms with Gasteiger partial charge >= 0.3 is 0 Å². The Morgan fingerprint density at radius 2 is 1.83 bits per heavy atom. The molecule has 0 unspecified atom stereocenters. The number of aromatic amines is 1. The second kappa shape index (κ2) is 5.10. The van der Waals surface area contributed by atoms with E-state index in [0.717, 1.165) is 22.5 Å². The van der Waals surface area contributed by atoms with Gasteiger partial charge in [0, 0.05) is 17.8 Å². The van der Waals surface area contributed by atoms with Crippen LogP contribution >= 0.6 is 0 Å². The van der Waals surface area contributed by atoms with Gasteiger partial charge in [-0.05, 0) is 30.7 Å². The van der Waals surface area contributed by atoms with Crippen LogP contribution in [-0.2, 0) is 6.54 Å². The first-order valence-corrected chi connectivity index (χ1v) is 5.67. The van der Waals surface area contributed by atoms with Crippen molar-refractivity contribution in [2.45, 2.75) is 13.5 Å². The molecule has 5 nitrogen and oxygen atoms in total. The van der Waals surface area contributed by atoms with Gasteiger partial charge in [0.15, 0.2) is 11.5 Å². The summed E-state index contributed by atoms with van der Waals surface area (Å²) in [4.78, 5) is 0. The van der Waals surface area contributed by atoms with E-state index in [1.165, 1.54) is 0 Å². The number of rotatable bonds is 4. The SMILES string of the molecule is COc1cc(C)c(-c2cc(CN)[nH]n2)cc1OC. The fraction of sp³-hybridized carbons (Fsp3) is 0.308. The molecule has 2 aromatic rings. The van der Waals surface area contributed by atoms with E-state index in [2.05, 4.69) is 10.2 Å². The molecule has 0 saturated carbocycles. The van der Waals surface area contributed by atoms with Crippen molar-refractivity contribution in [3.8, 4) is 22.8 Å². The van der Waals surface area contributed by atoms with Crippen molar-refractivity contribution < 1.29 is 9.47 Å². The highest BCUT2D eigenvalue weighted by Gasteiger charge is 2.12. The van der Waals surface area contributed by atoms with Gasteiger partial charge in [0.1, 0.15) is 0 Å². The maximum absolute atomic E-state index is 5.57. The highest BCUT2D eigenvalue weighted by molar-refractivity contribution is 5.68. The normalized spacial score (nSPS) is 10.4. The number of benzene rings is 1. The Kier molecular flexibility index (Phi) is 3.53. The molecule has 18 heavy (non-hydrogen) atoms. The van der Waals surface area contributed by atoms with E-state index >= 15 is 0 Å². The molecule has 0 atom stereocenters. The molecule has 0 radical (unpaired) electrons. The summed E-state index contributed by atoms with van der Waals surface area (Å²) < 4.78 is 10.6. The van der Waals surface area contributed by atoms with Crippen LogP contribution in [0.4, 0.5) is 0 Å². The topological polar surface area (TPSA) is 73.2 Å². The fourth-order valence-corrected chi connectivity index (χ4v) is 1.86. The fourth-order valence-electron chi connectivity index (χ4n) is 1.86. The molecule has 0 amide bonds. The lowest BCUT2D eigenvalue weighted by molar-refractivity contribution is 0.355. The van der Waals surface area contributed by atoms with E-state index in [1.807, 2.05) is 25.1 Å². The molecule has 0 aliphatic rings. The van der Waals surface area contributed by atoms with Crippen LogP contribution in [0.15, 0.2) is 18.2 Å². The molecular weight excluding hydrogens is 230 g/mol. The highest BCUT2D eigenvalue weighted by atomic mass is 16.5. The molecular formula is C13H17N3O2. The molecule has 3 N–H and O–H groups in total. The smallest absolute Gasteiger partial charge is 0.161 e. The zero-order valence-corrected chi connectivity index (χ0v) is 10.8. The van der Waals surface area contributed by atoms with E-state index in [1.54, 1.807) is 14.2 Å². The van der Waals surface area contributed by atoms with E-state index in [-0.39, 0.29) is 0 Å². The number of methoxy groups -OCH3 is 2. The van der Waals surface area contributed by atoms with Crippen molar-refractivity contribution in [2.75, 3.05) is 14.2 Å². The molecule has 5 heteroatoms. The predicted molar refractivity (Wildman–Crippen MR) is 69.8 cm³/mol. The molecule has 0 bridgehead atoms. The van der Waals surface area contributed by atoms with Crippen LogP contribution in [0.3, 0.4) is 0 Å². The average molecular weight is 247 g/mol. The molecule has 1 heterocycles. The van der Waals surface area contributed by atoms with Crippen LogP contribution in [0.25, 0.3) is 11.3 Å². The third-order valence-electron chi connectivity index (χ3n) is 2.86. The molecule has 2 rings (SSSR count). The molecule has 1 aromatic heterocycles. The Bertz CT molecular complexity index is 549. The first kappa shape index (κ1) is 12.4. The lowest BCUT2D eigenvalue weighted by atomic mass is 10.0. The second-order valence-electron chi connectivity index (χ2n) is 4.00. The number of H-pyrrole nitrogens is 1. The number of nitrogens with one attached hydrogen (secondary N) is 1. The molecule has 96 valence electrons. The van der Waals surface area contributed by atoms with Gasteiger partial charge in [-0.1, -0.05) is 0 Å². The first-order chi connectivity index (χ1) is 8.69. The summed E-state index contributed by atoms with van der Waals surface area (Å²) in [5, 5.41) is 7.15. The van der Waals surface area contributed by atoms with Crippen LogP contribution in [0, 0.1) is 6.92 Å². The predicted octanol–water partition coefficient (Wildman–Crippen LogP) is 1.86. The summed E-state index contributed by atoms with van der Waals surface area (Å²) in [7, 11) is 3.24. The summed E-state index contributed by atoms with van der Waals surface area (Å²) in [6.07, 6.45) is 0. The molecule has 1 aromatic carbocycles. The van der Waals surface area contributed by atoms with E-state index < -0.39 is 0 Å². The largest absolute Gasteiger partial charge is 0.493 e. The Labute approximate surface area is 106 Å². The summed E-state index contributed by atoms with van der Waals surface area (Å²) in [5.41, 5.74) is 9.40. The average Bonchev–Trinajstić information content (AvgIpc) is 2.86. The first-order valence-electron chi connectivity index (χ1n) is 5.67. The van der Waals surface area contributed by atoms with E-state index in [4.69, 9.17) is 15.2 Å². The van der Waals surface area contributed by atoms with Crippen molar-refractivity contribution in [1.82, 2.24) is 10.2 Å². The van der Waals surface area contributed by atoms with Gasteiger partial charge in [0.2, 0.25) is 0 Å². The highest BCUT2D eigenvalue weighted by Crippen LogP contribution is 2.34. The quantitative estimate of drug-likeness (QED) is 0.865. The lowest BCUT2D eigenvalue weighted by Gasteiger charge is -2.11. The number of aryl methyl sites for hydroxylation is 1. The van der Waals surface area contributed by atoms with Gasteiger partial charge in [0.05, 0.1) is 19.9 Å². The third-order valence-corrected chi connectivity index (χ3v) is 2.86. The summed E-state index contributed by atoms with van der Waals surface area (Å²) in [6, 6.07) is 5.80. The number of ether oxygens (including phenoxy) is 2. The zero-order valence-electron chi connectivity index (χ0n) is 10.8. The summed E-state index contributed by atoms with van der Waals surface area (Å²) >= 11 is 0. The minimum atomic E-state index is 0.444. The van der Waals surface area contributed by atoms with Gasteiger partial charge in [-0.3, -0.25) is 5.10 Å². The van der Waals surface area contributed by atoms with Gasteiger partial charge in [-0.2, -0.15) is 5.10 Å². The van der Waals surface area contributed by atoms with Crippen molar-refractivity contribution >= 4 is 0 Å². The number of aromatic nitrogens is 2. The zero-order chi connectivity index (χ0) is 13.1. The minimum Gasteiger partial charge on any atom is -0.493 e. The third kappa shape index (κ3) is 2.17. The molecule has 0 spiro atoms.